The summed E-state index contributed by atoms with van der Waals surface area (Å²) >= 11 is 0. The molecular formula is C12H17N4O6+. The zero-order valence-electron chi connectivity index (χ0n) is 12.0. The minimum Gasteiger partial charge on any atom is -0.394 e. The molecule has 3 rings (SSSR count). The molecule has 0 unspecified atom stereocenters. The van der Waals surface area contributed by atoms with Crippen LogP contribution in [0.3, 0.4) is 0 Å². The van der Waals surface area contributed by atoms with Gasteiger partial charge in [-0.2, -0.15) is 4.57 Å². The van der Waals surface area contributed by atoms with Crippen molar-refractivity contribution in [3.05, 3.63) is 27.2 Å². The molecule has 0 aromatic carbocycles. The zero-order valence-corrected chi connectivity index (χ0v) is 12.0. The number of aromatic amines is 1. The zero-order chi connectivity index (χ0) is 16.2. The SMILES string of the molecule is Cn1c(=O)[nH]c(=O)c2c1n([C@@H]1O[C@H](CO)[C@@H](O)[C@H]1O)c[n+]2C. The lowest BCUT2D eigenvalue weighted by Gasteiger charge is -2.12. The van der Waals surface area contributed by atoms with E-state index in [1.54, 1.807) is 7.05 Å². The predicted octanol–water partition coefficient (Wildman–Crippen LogP) is -3.54. The van der Waals surface area contributed by atoms with Crippen LogP contribution in [0.25, 0.3) is 11.2 Å². The molecule has 1 aliphatic rings. The number of hydrogen-bond donors (Lipinski definition) is 4. The number of hydrogen-bond acceptors (Lipinski definition) is 6. The molecule has 4 atom stereocenters. The van der Waals surface area contributed by atoms with Crippen LogP contribution < -0.4 is 15.8 Å². The fourth-order valence-electron chi connectivity index (χ4n) is 2.81. The van der Waals surface area contributed by atoms with Crippen molar-refractivity contribution in [3.63, 3.8) is 0 Å². The largest absolute Gasteiger partial charge is 0.394 e. The van der Waals surface area contributed by atoms with E-state index >= 15 is 0 Å². The smallest absolute Gasteiger partial charge is 0.331 e. The Morgan fingerprint density at radius 3 is 2.64 bits per heavy atom. The highest BCUT2D eigenvalue weighted by Crippen LogP contribution is 2.30. The van der Waals surface area contributed by atoms with Gasteiger partial charge in [0, 0.05) is 7.05 Å². The summed E-state index contributed by atoms with van der Waals surface area (Å²) < 4.78 is 9.55. The number of nitrogens with zero attached hydrogens (tertiary/aromatic N) is 3. The molecule has 3 heterocycles. The Labute approximate surface area is 123 Å². The van der Waals surface area contributed by atoms with Gasteiger partial charge in [0.25, 0.3) is 11.2 Å². The molecule has 0 radical (unpaired) electrons. The standard InChI is InChI=1S/C12H16N4O6/c1-14-4-16(11-8(19)7(18)5(3-17)22-11)10-6(14)9(20)13-12(21)15(10)2/h4-5,7-8,11,17-19H,3H2,1-2H3/p+1/t5-,7-,8-,11-/m1/s1. The van der Waals surface area contributed by atoms with Crippen molar-refractivity contribution in [2.45, 2.75) is 24.5 Å². The van der Waals surface area contributed by atoms with E-state index in [0.717, 1.165) is 0 Å². The van der Waals surface area contributed by atoms with Gasteiger partial charge in [-0.3, -0.25) is 14.3 Å². The van der Waals surface area contributed by atoms with Gasteiger partial charge in [-0.25, -0.2) is 9.36 Å². The molecule has 1 aliphatic heterocycles. The van der Waals surface area contributed by atoms with Gasteiger partial charge < -0.3 is 20.1 Å². The van der Waals surface area contributed by atoms with E-state index in [2.05, 4.69) is 4.98 Å². The second kappa shape index (κ2) is 5.02. The number of H-pyrrole nitrogens is 1. The van der Waals surface area contributed by atoms with Crippen LogP contribution in [0.2, 0.25) is 0 Å². The molecule has 0 saturated carbocycles. The van der Waals surface area contributed by atoms with Crippen molar-refractivity contribution < 1.29 is 24.6 Å². The quantitative estimate of drug-likeness (QED) is 0.424. The first-order chi connectivity index (χ1) is 10.4. The Hall–Kier alpha value is -2.01. The molecular weight excluding hydrogens is 296 g/mol. The summed E-state index contributed by atoms with van der Waals surface area (Å²) in [6, 6.07) is 0. The number of imidazole rings is 1. The lowest BCUT2D eigenvalue weighted by atomic mass is 10.1. The summed E-state index contributed by atoms with van der Waals surface area (Å²) in [6.07, 6.45) is -3.05. The number of aromatic nitrogens is 4. The van der Waals surface area contributed by atoms with E-state index in [9.17, 15) is 19.8 Å². The van der Waals surface area contributed by atoms with E-state index < -0.39 is 42.4 Å². The lowest BCUT2D eigenvalue weighted by Crippen LogP contribution is -2.36. The maximum atomic E-state index is 12.0. The van der Waals surface area contributed by atoms with Crippen molar-refractivity contribution in [2.75, 3.05) is 6.61 Å². The van der Waals surface area contributed by atoms with Gasteiger partial charge in [0.1, 0.15) is 18.3 Å². The number of aryl methyl sites for hydroxylation is 2. The van der Waals surface area contributed by atoms with E-state index in [-0.39, 0.29) is 11.2 Å². The summed E-state index contributed by atoms with van der Waals surface area (Å²) in [5.41, 5.74) is -0.707. The number of nitrogens with one attached hydrogen (secondary N) is 1. The number of ether oxygens (including phenoxy) is 1. The molecule has 0 aliphatic carbocycles. The molecule has 2 aromatic rings. The van der Waals surface area contributed by atoms with Gasteiger partial charge in [0.05, 0.1) is 13.7 Å². The molecule has 4 N–H and O–H groups in total. The number of rotatable bonds is 2. The molecule has 22 heavy (non-hydrogen) atoms. The molecule has 0 bridgehead atoms. The Morgan fingerprint density at radius 2 is 2.05 bits per heavy atom. The monoisotopic (exact) mass is 313 g/mol. The van der Waals surface area contributed by atoms with Crippen molar-refractivity contribution in [3.8, 4) is 0 Å². The van der Waals surface area contributed by atoms with Crippen LogP contribution in [0.4, 0.5) is 0 Å². The molecule has 1 fully saturated rings. The van der Waals surface area contributed by atoms with Crippen molar-refractivity contribution in [1.82, 2.24) is 14.1 Å². The predicted molar refractivity (Wildman–Crippen MR) is 72.0 cm³/mol. The summed E-state index contributed by atoms with van der Waals surface area (Å²) in [5, 5.41) is 29.1. The molecule has 10 nitrogen and oxygen atoms in total. The first kappa shape index (κ1) is 14.9. The van der Waals surface area contributed by atoms with E-state index in [0.29, 0.717) is 0 Å². The molecule has 0 amide bonds. The normalized spacial score (nSPS) is 28.6. The fraction of sp³-hybridized carbons (Fsp3) is 0.583. The number of aliphatic hydroxyl groups is 3. The average molecular weight is 313 g/mol. The van der Waals surface area contributed by atoms with Crippen LogP contribution in [0.5, 0.6) is 0 Å². The van der Waals surface area contributed by atoms with Gasteiger partial charge in [0.15, 0.2) is 0 Å². The number of aliphatic hydroxyl groups excluding tert-OH is 3. The minimum absolute atomic E-state index is 0.222. The highest BCUT2D eigenvalue weighted by Gasteiger charge is 2.47. The maximum Gasteiger partial charge on any atom is 0.331 e. The van der Waals surface area contributed by atoms with Gasteiger partial charge >= 0.3 is 11.2 Å². The number of fused-ring (bicyclic) bond motifs is 1. The Kier molecular flexibility index (Phi) is 3.40. The molecule has 2 aromatic heterocycles. The molecule has 0 spiro atoms. The van der Waals surface area contributed by atoms with Crippen LogP contribution in [0.1, 0.15) is 6.23 Å². The Balaban J connectivity index is 2.25. The highest BCUT2D eigenvalue weighted by molar-refractivity contribution is 5.66. The summed E-state index contributed by atoms with van der Waals surface area (Å²) in [7, 11) is 3.08. The van der Waals surface area contributed by atoms with Gasteiger partial charge in [-0.15, -0.1) is 0 Å². The Morgan fingerprint density at radius 1 is 1.36 bits per heavy atom. The first-order valence-electron chi connectivity index (χ1n) is 6.68. The molecule has 1 saturated heterocycles. The fourth-order valence-corrected chi connectivity index (χ4v) is 2.81. The third-order valence-corrected chi connectivity index (χ3v) is 3.96. The van der Waals surface area contributed by atoms with Crippen LogP contribution in [-0.4, -0.2) is 54.4 Å². The van der Waals surface area contributed by atoms with Crippen LogP contribution >= 0.6 is 0 Å². The summed E-state index contributed by atoms with van der Waals surface area (Å²) in [6.45, 7) is -0.459. The van der Waals surface area contributed by atoms with Crippen LogP contribution in [-0.2, 0) is 18.8 Å². The first-order valence-corrected chi connectivity index (χ1v) is 6.68. The van der Waals surface area contributed by atoms with Crippen LogP contribution in [0, 0.1) is 0 Å². The third-order valence-electron chi connectivity index (χ3n) is 3.96. The van der Waals surface area contributed by atoms with Crippen molar-refractivity contribution in [2.24, 2.45) is 14.1 Å². The van der Waals surface area contributed by atoms with Gasteiger partial charge in [-0.05, 0) is 0 Å². The molecule has 120 valence electrons. The minimum atomic E-state index is -1.30. The average Bonchev–Trinajstić information content (AvgIpc) is 2.95. The summed E-state index contributed by atoms with van der Waals surface area (Å²) in [5.74, 6) is 0. The van der Waals surface area contributed by atoms with Crippen molar-refractivity contribution in [1.29, 1.82) is 0 Å². The topological polar surface area (TPSA) is 134 Å². The van der Waals surface area contributed by atoms with Gasteiger partial charge in [-0.1, -0.05) is 0 Å². The second-order valence-electron chi connectivity index (χ2n) is 5.35. The molecule has 10 heteroatoms. The van der Waals surface area contributed by atoms with Crippen LogP contribution in [0.15, 0.2) is 15.9 Å². The van der Waals surface area contributed by atoms with Gasteiger partial charge in [0.2, 0.25) is 12.6 Å². The maximum absolute atomic E-state index is 12.0. The van der Waals surface area contributed by atoms with Crippen molar-refractivity contribution >= 4 is 11.2 Å². The Bertz CT molecular complexity index is 836. The van der Waals surface area contributed by atoms with E-state index in [4.69, 9.17) is 9.84 Å². The van der Waals surface area contributed by atoms with E-state index in [1.807, 2.05) is 0 Å². The third kappa shape index (κ3) is 1.92. The lowest BCUT2D eigenvalue weighted by molar-refractivity contribution is -0.646. The summed E-state index contributed by atoms with van der Waals surface area (Å²) in [4.78, 5) is 26.0. The van der Waals surface area contributed by atoms with E-state index in [1.165, 1.54) is 27.1 Å². The highest BCUT2D eigenvalue weighted by atomic mass is 16.6. The second-order valence-corrected chi connectivity index (χ2v) is 5.35.